The lowest BCUT2D eigenvalue weighted by Crippen LogP contribution is -2.44. The van der Waals surface area contributed by atoms with Crippen LogP contribution in [0.5, 0.6) is 0 Å². The first-order chi connectivity index (χ1) is 10.3. The van der Waals surface area contributed by atoms with Gasteiger partial charge in [0, 0.05) is 0 Å². The van der Waals surface area contributed by atoms with E-state index in [4.69, 9.17) is 14.2 Å². The molecule has 0 aromatic heterocycles. The minimum atomic E-state index is -0.694. The van der Waals surface area contributed by atoms with Crippen molar-refractivity contribution in [2.75, 3.05) is 7.11 Å². The highest BCUT2D eigenvalue weighted by Gasteiger charge is 2.44. The summed E-state index contributed by atoms with van der Waals surface area (Å²) in [6.07, 6.45) is 5.15. The second-order valence-corrected chi connectivity index (χ2v) is 7.53. The van der Waals surface area contributed by atoms with Crippen molar-refractivity contribution in [3.05, 3.63) is 0 Å². The minimum absolute atomic E-state index is 0.280. The highest BCUT2D eigenvalue weighted by Crippen LogP contribution is 2.44. The van der Waals surface area contributed by atoms with E-state index in [0.29, 0.717) is 11.8 Å². The predicted molar refractivity (Wildman–Crippen MR) is 81.3 cm³/mol. The van der Waals surface area contributed by atoms with Gasteiger partial charge in [-0.2, -0.15) is 0 Å². The summed E-state index contributed by atoms with van der Waals surface area (Å²) < 4.78 is 15.6. The van der Waals surface area contributed by atoms with Crippen molar-refractivity contribution in [2.45, 2.75) is 71.0 Å². The van der Waals surface area contributed by atoms with Gasteiger partial charge in [0.1, 0.15) is 11.7 Å². The summed E-state index contributed by atoms with van der Waals surface area (Å²) in [4.78, 5) is 24.0. The molecule has 126 valence electrons. The van der Waals surface area contributed by atoms with E-state index in [9.17, 15) is 9.59 Å². The Bertz CT molecular complexity index is 412. The number of methoxy groups -OCH3 is 1. The molecule has 2 saturated carbocycles. The standard InChI is InChI=1S/C17H28O5/c1-17(2,3)22-16(19)21-14-10-12-8-6-5-7-11(12)9-13(14)15(18)20-4/h11-14H,5-10H2,1-4H3. The summed E-state index contributed by atoms with van der Waals surface area (Å²) in [7, 11) is 1.39. The average Bonchev–Trinajstić information content (AvgIpc) is 2.43. The summed E-state index contributed by atoms with van der Waals surface area (Å²) in [6, 6.07) is 0. The molecule has 2 rings (SSSR count). The Balaban J connectivity index is 2.04. The maximum atomic E-state index is 12.1. The van der Waals surface area contributed by atoms with Gasteiger partial charge in [-0.05, 0) is 45.4 Å². The molecule has 5 heteroatoms. The molecule has 0 bridgehead atoms. The highest BCUT2D eigenvalue weighted by atomic mass is 16.7. The molecular weight excluding hydrogens is 284 g/mol. The van der Waals surface area contributed by atoms with Gasteiger partial charge >= 0.3 is 12.1 Å². The van der Waals surface area contributed by atoms with Gasteiger partial charge in [0.05, 0.1) is 13.0 Å². The lowest BCUT2D eigenvalue weighted by molar-refractivity contribution is -0.155. The number of ether oxygens (including phenoxy) is 3. The molecule has 4 unspecified atom stereocenters. The monoisotopic (exact) mass is 312 g/mol. The van der Waals surface area contributed by atoms with Gasteiger partial charge in [-0.15, -0.1) is 0 Å². The first-order valence-electron chi connectivity index (χ1n) is 8.27. The van der Waals surface area contributed by atoms with E-state index in [-0.39, 0.29) is 11.9 Å². The molecule has 0 N–H and O–H groups in total. The Hall–Kier alpha value is -1.26. The molecule has 2 aliphatic carbocycles. The van der Waals surface area contributed by atoms with Crippen LogP contribution in [0.15, 0.2) is 0 Å². The topological polar surface area (TPSA) is 61.8 Å². The third-order valence-electron chi connectivity index (χ3n) is 4.75. The Kier molecular flexibility index (Phi) is 5.35. The molecule has 22 heavy (non-hydrogen) atoms. The number of esters is 1. The van der Waals surface area contributed by atoms with Gasteiger partial charge in [0.25, 0.3) is 0 Å². The number of fused-ring (bicyclic) bond motifs is 1. The van der Waals surface area contributed by atoms with E-state index < -0.39 is 17.9 Å². The van der Waals surface area contributed by atoms with Crippen LogP contribution in [-0.4, -0.2) is 30.9 Å². The van der Waals surface area contributed by atoms with Crippen molar-refractivity contribution in [1.82, 2.24) is 0 Å². The van der Waals surface area contributed by atoms with E-state index in [1.165, 1.54) is 20.0 Å². The van der Waals surface area contributed by atoms with E-state index in [0.717, 1.165) is 25.7 Å². The molecule has 0 aromatic carbocycles. The summed E-state index contributed by atoms with van der Waals surface area (Å²) in [5, 5.41) is 0. The fourth-order valence-corrected chi connectivity index (χ4v) is 3.77. The Labute approximate surface area is 132 Å². The number of hydrogen-bond donors (Lipinski definition) is 0. The summed E-state index contributed by atoms with van der Waals surface area (Å²) >= 11 is 0. The van der Waals surface area contributed by atoms with E-state index >= 15 is 0 Å². The fraction of sp³-hybridized carbons (Fsp3) is 0.882. The number of carbonyl (C=O) groups is 2. The van der Waals surface area contributed by atoms with Crippen molar-refractivity contribution in [1.29, 1.82) is 0 Å². The van der Waals surface area contributed by atoms with Gasteiger partial charge < -0.3 is 14.2 Å². The molecule has 0 heterocycles. The number of rotatable bonds is 2. The van der Waals surface area contributed by atoms with E-state index in [1.54, 1.807) is 20.8 Å². The smallest absolute Gasteiger partial charge is 0.469 e. The zero-order valence-corrected chi connectivity index (χ0v) is 14.1. The molecule has 0 amide bonds. The molecular formula is C17H28O5. The summed E-state index contributed by atoms with van der Waals surface area (Å²) in [6.45, 7) is 5.39. The Morgan fingerprint density at radius 2 is 1.59 bits per heavy atom. The van der Waals surface area contributed by atoms with Gasteiger partial charge in [-0.3, -0.25) is 4.79 Å². The second-order valence-electron chi connectivity index (χ2n) is 7.53. The van der Waals surface area contributed by atoms with E-state index in [1.807, 2.05) is 0 Å². The average molecular weight is 312 g/mol. The van der Waals surface area contributed by atoms with Crippen molar-refractivity contribution >= 4 is 12.1 Å². The van der Waals surface area contributed by atoms with Crippen LogP contribution in [0, 0.1) is 17.8 Å². The lowest BCUT2D eigenvalue weighted by Gasteiger charge is -2.42. The molecule has 0 aromatic rings. The fourth-order valence-electron chi connectivity index (χ4n) is 3.77. The van der Waals surface area contributed by atoms with Crippen LogP contribution >= 0.6 is 0 Å². The Morgan fingerprint density at radius 1 is 1.00 bits per heavy atom. The normalized spacial score (nSPS) is 31.8. The van der Waals surface area contributed by atoms with Crippen molar-refractivity contribution in [3.8, 4) is 0 Å². The number of hydrogen-bond acceptors (Lipinski definition) is 5. The van der Waals surface area contributed by atoms with Crippen LogP contribution in [0.4, 0.5) is 4.79 Å². The molecule has 0 radical (unpaired) electrons. The van der Waals surface area contributed by atoms with Crippen LogP contribution in [0.3, 0.4) is 0 Å². The molecule has 0 saturated heterocycles. The molecule has 5 nitrogen and oxygen atoms in total. The molecule has 4 atom stereocenters. The van der Waals surface area contributed by atoms with Crippen LogP contribution in [0.25, 0.3) is 0 Å². The van der Waals surface area contributed by atoms with Crippen molar-refractivity contribution < 1.29 is 23.8 Å². The summed E-state index contributed by atoms with van der Waals surface area (Å²) in [5.74, 6) is 0.452. The van der Waals surface area contributed by atoms with Gasteiger partial charge in [-0.1, -0.05) is 25.7 Å². The molecule has 0 spiro atoms. The Morgan fingerprint density at radius 3 is 2.14 bits per heavy atom. The quantitative estimate of drug-likeness (QED) is 0.728. The maximum Gasteiger partial charge on any atom is 0.509 e. The van der Waals surface area contributed by atoms with E-state index in [2.05, 4.69) is 0 Å². The maximum absolute atomic E-state index is 12.1. The van der Waals surface area contributed by atoms with Crippen LogP contribution < -0.4 is 0 Å². The second kappa shape index (κ2) is 6.88. The van der Waals surface area contributed by atoms with Gasteiger partial charge in [0.2, 0.25) is 0 Å². The molecule has 2 aliphatic rings. The van der Waals surface area contributed by atoms with Crippen molar-refractivity contribution in [3.63, 3.8) is 0 Å². The highest BCUT2D eigenvalue weighted by molar-refractivity contribution is 5.73. The zero-order chi connectivity index (χ0) is 16.3. The third-order valence-corrected chi connectivity index (χ3v) is 4.75. The molecule has 2 fully saturated rings. The lowest BCUT2D eigenvalue weighted by atomic mass is 9.66. The van der Waals surface area contributed by atoms with Gasteiger partial charge in [0.15, 0.2) is 0 Å². The van der Waals surface area contributed by atoms with Crippen LogP contribution in [-0.2, 0) is 19.0 Å². The zero-order valence-electron chi connectivity index (χ0n) is 14.1. The number of carbonyl (C=O) groups excluding carboxylic acids is 2. The van der Waals surface area contributed by atoms with Crippen LogP contribution in [0.2, 0.25) is 0 Å². The van der Waals surface area contributed by atoms with Crippen molar-refractivity contribution in [2.24, 2.45) is 17.8 Å². The minimum Gasteiger partial charge on any atom is -0.469 e. The SMILES string of the molecule is COC(=O)C1CC2CCCCC2CC1OC(=O)OC(C)(C)C. The van der Waals surface area contributed by atoms with Crippen LogP contribution in [0.1, 0.15) is 59.3 Å². The third kappa shape index (κ3) is 4.37. The largest absolute Gasteiger partial charge is 0.509 e. The summed E-state index contributed by atoms with van der Waals surface area (Å²) in [5.41, 5.74) is -0.597. The predicted octanol–water partition coefficient (Wildman–Crippen LogP) is 3.70. The first kappa shape index (κ1) is 17.1. The first-order valence-corrected chi connectivity index (χ1v) is 8.27. The van der Waals surface area contributed by atoms with Gasteiger partial charge in [-0.25, -0.2) is 4.79 Å². The molecule has 0 aliphatic heterocycles.